The second-order valence-electron chi connectivity index (χ2n) is 7.25. The van der Waals surface area contributed by atoms with E-state index in [-0.39, 0.29) is 16.5 Å². The molecule has 2 amide bonds. The molecule has 0 saturated carbocycles. The molecule has 0 aromatic heterocycles. The van der Waals surface area contributed by atoms with E-state index in [0.29, 0.717) is 36.9 Å². The maximum Gasteiger partial charge on any atom is 0.343 e. The summed E-state index contributed by atoms with van der Waals surface area (Å²) in [5.74, 6) is 0.924. The molecule has 0 bridgehead atoms. The van der Waals surface area contributed by atoms with Gasteiger partial charge in [0.15, 0.2) is 11.5 Å². The first-order valence-electron chi connectivity index (χ1n) is 9.73. The molecule has 0 aliphatic carbocycles. The Morgan fingerprint density at radius 2 is 1.87 bits per heavy atom. The summed E-state index contributed by atoms with van der Waals surface area (Å²) in [5.41, 5.74) is 0.585. The molecule has 1 fully saturated rings. The van der Waals surface area contributed by atoms with Crippen molar-refractivity contribution in [3.8, 4) is 11.5 Å². The van der Waals surface area contributed by atoms with Crippen LogP contribution in [0.2, 0.25) is 0 Å². The minimum Gasteiger partial charge on any atom is -0.493 e. The first-order chi connectivity index (χ1) is 14.5. The van der Waals surface area contributed by atoms with Crippen LogP contribution in [0, 0.1) is 5.92 Å². The molecular formula is C21H24N2O6S. The van der Waals surface area contributed by atoms with E-state index in [1.54, 1.807) is 24.3 Å². The molecule has 160 valence electrons. The van der Waals surface area contributed by atoms with E-state index in [0.717, 1.165) is 17.1 Å². The van der Waals surface area contributed by atoms with Crippen LogP contribution in [0.15, 0.2) is 47.4 Å². The number of carbonyl (C=O) groups excluding carboxylic acids is 1. The van der Waals surface area contributed by atoms with Crippen molar-refractivity contribution in [3.63, 3.8) is 0 Å². The molecule has 2 aliphatic rings. The Morgan fingerprint density at radius 3 is 2.57 bits per heavy atom. The lowest BCUT2D eigenvalue weighted by molar-refractivity contribution is 0.0578. The largest absolute Gasteiger partial charge is 0.493 e. The minimum absolute atomic E-state index is 0.0936. The maximum absolute atomic E-state index is 13.5. The van der Waals surface area contributed by atoms with Crippen LogP contribution in [-0.2, 0) is 14.8 Å². The Kier molecular flexibility index (Phi) is 5.57. The van der Waals surface area contributed by atoms with Crippen molar-refractivity contribution >= 4 is 27.4 Å². The fourth-order valence-corrected chi connectivity index (χ4v) is 5.48. The minimum atomic E-state index is -4.09. The van der Waals surface area contributed by atoms with Crippen LogP contribution in [0.4, 0.5) is 16.2 Å². The first-order valence-corrected chi connectivity index (χ1v) is 11.2. The highest BCUT2D eigenvalue weighted by Crippen LogP contribution is 2.40. The van der Waals surface area contributed by atoms with Gasteiger partial charge in [0.2, 0.25) is 0 Å². The molecular weight excluding hydrogens is 408 g/mol. The number of sulfonamides is 1. The molecule has 2 aromatic rings. The summed E-state index contributed by atoms with van der Waals surface area (Å²) < 4.78 is 43.7. The van der Waals surface area contributed by atoms with Crippen LogP contribution in [0.5, 0.6) is 11.5 Å². The van der Waals surface area contributed by atoms with Gasteiger partial charge in [-0.3, -0.25) is 4.90 Å². The molecule has 8 nitrogen and oxygen atoms in total. The second-order valence-corrected chi connectivity index (χ2v) is 9.01. The number of benzene rings is 2. The summed E-state index contributed by atoms with van der Waals surface area (Å²) in [6.07, 6.45) is 1.85. The Balaban J connectivity index is 1.80. The average Bonchev–Trinajstić information content (AvgIpc) is 2.77. The van der Waals surface area contributed by atoms with Crippen molar-refractivity contribution in [1.82, 2.24) is 0 Å². The van der Waals surface area contributed by atoms with Gasteiger partial charge in [0.25, 0.3) is 10.0 Å². The van der Waals surface area contributed by atoms with Gasteiger partial charge in [-0.25, -0.2) is 13.2 Å². The van der Waals surface area contributed by atoms with Crippen LogP contribution in [0.1, 0.15) is 12.8 Å². The number of amides is 2. The highest BCUT2D eigenvalue weighted by molar-refractivity contribution is 7.94. The summed E-state index contributed by atoms with van der Waals surface area (Å²) in [5, 5.41) is 0. The lowest BCUT2D eigenvalue weighted by atomic mass is 10.0. The highest BCUT2D eigenvalue weighted by Gasteiger charge is 2.43. The number of ether oxygens (including phenoxy) is 3. The third-order valence-corrected chi connectivity index (χ3v) is 7.12. The smallest absolute Gasteiger partial charge is 0.343 e. The number of hydrogen-bond acceptors (Lipinski definition) is 6. The number of nitrogens with zero attached hydrogens (tertiary/aromatic N) is 2. The number of urea groups is 1. The predicted octanol–water partition coefficient (Wildman–Crippen LogP) is 3.27. The van der Waals surface area contributed by atoms with E-state index in [4.69, 9.17) is 14.2 Å². The molecule has 4 rings (SSSR count). The Labute approximate surface area is 176 Å². The number of para-hydroxylation sites is 1. The molecule has 0 N–H and O–H groups in total. The van der Waals surface area contributed by atoms with Gasteiger partial charge in [0.1, 0.15) is 4.90 Å². The SMILES string of the molecule is COc1ccc(N2C(=O)N(CC3CCCOC3)c3ccccc3S2(=O)=O)cc1OC. The van der Waals surface area contributed by atoms with Gasteiger partial charge in [0.05, 0.1) is 32.2 Å². The third kappa shape index (κ3) is 3.48. The summed E-state index contributed by atoms with van der Waals surface area (Å²) in [6.45, 7) is 1.65. The van der Waals surface area contributed by atoms with E-state index in [2.05, 4.69) is 0 Å². The van der Waals surface area contributed by atoms with Crippen LogP contribution < -0.4 is 18.7 Å². The van der Waals surface area contributed by atoms with E-state index in [1.165, 1.54) is 37.3 Å². The van der Waals surface area contributed by atoms with Crippen LogP contribution in [-0.4, -0.2) is 48.4 Å². The van der Waals surface area contributed by atoms with Crippen molar-refractivity contribution in [2.24, 2.45) is 5.92 Å². The number of fused-ring (bicyclic) bond motifs is 1. The van der Waals surface area contributed by atoms with Gasteiger partial charge in [-0.05, 0) is 37.1 Å². The zero-order valence-electron chi connectivity index (χ0n) is 16.9. The number of anilines is 2. The first kappa shape index (κ1) is 20.5. The zero-order valence-corrected chi connectivity index (χ0v) is 17.7. The quantitative estimate of drug-likeness (QED) is 0.721. The van der Waals surface area contributed by atoms with Crippen molar-refractivity contribution in [2.75, 3.05) is 43.2 Å². The zero-order chi connectivity index (χ0) is 21.3. The lowest BCUT2D eigenvalue weighted by Gasteiger charge is -2.38. The molecule has 9 heteroatoms. The van der Waals surface area contributed by atoms with Crippen LogP contribution in [0.3, 0.4) is 0 Å². The van der Waals surface area contributed by atoms with Crippen molar-refractivity contribution in [1.29, 1.82) is 0 Å². The molecule has 2 aliphatic heterocycles. The van der Waals surface area contributed by atoms with Gasteiger partial charge in [-0.15, -0.1) is 0 Å². The van der Waals surface area contributed by atoms with Gasteiger partial charge >= 0.3 is 6.03 Å². The molecule has 0 spiro atoms. The van der Waals surface area contributed by atoms with Gasteiger partial charge < -0.3 is 14.2 Å². The molecule has 1 atom stereocenters. The average molecular weight is 432 g/mol. The van der Waals surface area contributed by atoms with E-state index in [9.17, 15) is 13.2 Å². The normalized spacial score (nSPS) is 20.6. The fraction of sp³-hybridized carbons (Fsp3) is 0.381. The van der Waals surface area contributed by atoms with E-state index in [1.807, 2.05) is 0 Å². The molecule has 2 aromatic carbocycles. The van der Waals surface area contributed by atoms with Crippen molar-refractivity contribution in [3.05, 3.63) is 42.5 Å². The Bertz CT molecular complexity index is 1050. The summed E-state index contributed by atoms with van der Waals surface area (Å²) in [6, 6.07) is 10.6. The number of rotatable bonds is 5. The second kappa shape index (κ2) is 8.16. The lowest BCUT2D eigenvalue weighted by Crippen LogP contribution is -2.52. The third-order valence-electron chi connectivity index (χ3n) is 5.38. The number of hydrogen-bond donors (Lipinski definition) is 0. The van der Waals surface area contributed by atoms with E-state index >= 15 is 0 Å². The monoisotopic (exact) mass is 432 g/mol. The summed E-state index contributed by atoms with van der Waals surface area (Å²) in [7, 11) is -1.14. The topological polar surface area (TPSA) is 85.4 Å². The summed E-state index contributed by atoms with van der Waals surface area (Å²) in [4.78, 5) is 15.1. The number of carbonyl (C=O) groups is 1. The van der Waals surface area contributed by atoms with Crippen molar-refractivity contribution < 1.29 is 27.4 Å². The standard InChI is InChI=1S/C21H24N2O6S/c1-27-18-10-9-16(12-19(18)28-2)23-21(24)22(13-15-6-5-11-29-14-15)17-7-3-4-8-20(17)30(23,25)26/h3-4,7-10,12,15H,5-6,11,13-14H2,1-2H3. The summed E-state index contributed by atoms with van der Waals surface area (Å²) >= 11 is 0. The molecule has 1 saturated heterocycles. The van der Waals surface area contributed by atoms with Gasteiger partial charge in [-0.2, -0.15) is 4.31 Å². The molecule has 0 radical (unpaired) electrons. The fourth-order valence-electron chi connectivity index (χ4n) is 3.90. The van der Waals surface area contributed by atoms with Crippen molar-refractivity contribution in [2.45, 2.75) is 17.7 Å². The highest BCUT2D eigenvalue weighted by atomic mass is 32.2. The maximum atomic E-state index is 13.5. The Hall–Kier alpha value is -2.78. The number of methoxy groups -OCH3 is 2. The van der Waals surface area contributed by atoms with E-state index < -0.39 is 16.1 Å². The molecule has 30 heavy (non-hydrogen) atoms. The van der Waals surface area contributed by atoms with Crippen LogP contribution >= 0.6 is 0 Å². The Morgan fingerprint density at radius 1 is 1.10 bits per heavy atom. The molecule has 2 heterocycles. The predicted molar refractivity (Wildman–Crippen MR) is 112 cm³/mol. The van der Waals surface area contributed by atoms with Crippen LogP contribution in [0.25, 0.3) is 0 Å². The van der Waals surface area contributed by atoms with Gasteiger partial charge in [0, 0.05) is 25.1 Å². The molecule has 1 unspecified atom stereocenters. The van der Waals surface area contributed by atoms with Gasteiger partial charge in [-0.1, -0.05) is 12.1 Å².